The van der Waals surface area contributed by atoms with Gasteiger partial charge in [0.2, 0.25) is 0 Å². The summed E-state index contributed by atoms with van der Waals surface area (Å²) in [5, 5.41) is 0. The van der Waals surface area contributed by atoms with Crippen LogP contribution in [0.2, 0.25) is 0 Å². The largest absolute Gasteiger partial charge is 0.450 e. The van der Waals surface area contributed by atoms with Crippen LogP contribution in [0.15, 0.2) is 24.3 Å². The Bertz CT molecular complexity index is 508. The molecule has 1 amide bonds. The number of fused-ring (bicyclic) bond motifs is 1. The minimum atomic E-state index is -1.10. The van der Waals surface area contributed by atoms with Crippen LogP contribution in [0.25, 0.3) is 0 Å². The van der Waals surface area contributed by atoms with Gasteiger partial charge in [-0.15, -0.1) is 0 Å². The summed E-state index contributed by atoms with van der Waals surface area (Å²) in [6.45, 7) is 5.84. The fraction of sp³-hybridized carbons (Fsp3) is 0.467. The molecule has 1 aliphatic rings. The van der Waals surface area contributed by atoms with Crippen LogP contribution in [-0.4, -0.2) is 28.9 Å². The van der Waals surface area contributed by atoms with Gasteiger partial charge in [0, 0.05) is 20.0 Å². The number of hydrogen-bond donors (Lipinski definition) is 0. The predicted molar refractivity (Wildman–Crippen MR) is 71.4 cm³/mol. The number of nitrogens with zero attached hydrogens (tertiary/aromatic N) is 1. The molecule has 19 heavy (non-hydrogen) atoms. The summed E-state index contributed by atoms with van der Waals surface area (Å²) < 4.78 is 5.11. The van der Waals surface area contributed by atoms with Crippen LogP contribution in [0.4, 0.5) is 0 Å². The Labute approximate surface area is 113 Å². The maximum Gasteiger partial charge on any atom is 0.303 e. The lowest BCUT2D eigenvalue weighted by Gasteiger charge is -2.34. The number of hydrogen-bond acceptors (Lipinski definition) is 3. The highest BCUT2D eigenvalue weighted by atomic mass is 16.6. The van der Waals surface area contributed by atoms with E-state index in [1.807, 2.05) is 18.2 Å². The standard InChI is InChI=1S/C15H19NO3/c1-11(17)19-15(2,3)14(18)16-9-8-12-6-4-5-7-13(12)10-16/h4-7H,8-10H2,1-3H3. The van der Waals surface area contributed by atoms with Crippen molar-refractivity contribution in [2.75, 3.05) is 6.54 Å². The molecule has 0 spiro atoms. The van der Waals surface area contributed by atoms with Crippen LogP contribution in [0.1, 0.15) is 31.9 Å². The first-order valence-electron chi connectivity index (χ1n) is 6.46. The maximum absolute atomic E-state index is 12.4. The molecular formula is C15H19NO3. The highest BCUT2D eigenvalue weighted by Crippen LogP contribution is 2.22. The minimum Gasteiger partial charge on any atom is -0.450 e. The molecule has 2 rings (SSSR count). The van der Waals surface area contributed by atoms with Gasteiger partial charge in [-0.1, -0.05) is 24.3 Å². The monoisotopic (exact) mass is 261 g/mol. The van der Waals surface area contributed by atoms with Crippen molar-refractivity contribution in [1.82, 2.24) is 4.90 Å². The Kier molecular flexibility index (Phi) is 3.60. The van der Waals surface area contributed by atoms with Gasteiger partial charge in [-0.2, -0.15) is 0 Å². The van der Waals surface area contributed by atoms with Gasteiger partial charge in [0.05, 0.1) is 0 Å². The van der Waals surface area contributed by atoms with Crippen molar-refractivity contribution in [2.24, 2.45) is 0 Å². The molecule has 1 aliphatic heterocycles. The van der Waals surface area contributed by atoms with Crippen molar-refractivity contribution in [3.63, 3.8) is 0 Å². The van der Waals surface area contributed by atoms with Crippen LogP contribution in [0, 0.1) is 0 Å². The lowest BCUT2D eigenvalue weighted by atomic mass is 9.98. The molecule has 1 aromatic carbocycles. The number of carbonyl (C=O) groups excluding carboxylic acids is 2. The van der Waals surface area contributed by atoms with Crippen LogP contribution in [-0.2, 0) is 27.3 Å². The van der Waals surface area contributed by atoms with Gasteiger partial charge in [0.15, 0.2) is 5.60 Å². The Morgan fingerprint density at radius 1 is 1.21 bits per heavy atom. The molecule has 0 saturated carbocycles. The topological polar surface area (TPSA) is 46.6 Å². The lowest BCUT2D eigenvalue weighted by molar-refractivity contribution is -0.169. The van der Waals surface area contributed by atoms with Crippen molar-refractivity contribution < 1.29 is 14.3 Å². The zero-order valence-electron chi connectivity index (χ0n) is 11.6. The first kappa shape index (κ1) is 13.6. The van der Waals surface area contributed by atoms with Crippen molar-refractivity contribution in [3.05, 3.63) is 35.4 Å². The van der Waals surface area contributed by atoms with E-state index in [0.29, 0.717) is 13.1 Å². The average molecular weight is 261 g/mol. The Hall–Kier alpha value is -1.84. The number of carbonyl (C=O) groups is 2. The predicted octanol–water partition coefficient (Wildman–Crippen LogP) is 1.91. The molecule has 0 atom stereocenters. The highest BCUT2D eigenvalue weighted by Gasteiger charge is 2.36. The van der Waals surface area contributed by atoms with Gasteiger partial charge in [-0.3, -0.25) is 9.59 Å². The fourth-order valence-electron chi connectivity index (χ4n) is 2.45. The van der Waals surface area contributed by atoms with Crippen molar-refractivity contribution >= 4 is 11.9 Å². The number of amides is 1. The van der Waals surface area contributed by atoms with E-state index < -0.39 is 11.6 Å². The summed E-state index contributed by atoms with van der Waals surface area (Å²) in [5.41, 5.74) is 1.36. The van der Waals surface area contributed by atoms with E-state index >= 15 is 0 Å². The Balaban J connectivity index is 2.12. The summed E-state index contributed by atoms with van der Waals surface area (Å²) in [7, 11) is 0. The van der Waals surface area contributed by atoms with Gasteiger partial charge in [-0.05, 0) is 31.4 Å². The second-order valence-corrected chi connectivity index (χ2v) is 5.35. The van der Waals surface area contributed by atoms with Crippen molar-refractivity contribution in [2.45, 2.75) is 39.3 Å². The van der Waals surface area contributed by atoms with Gasteiger partial charge in [0.1, 0.15) is 0 Å². The Morgan fingerprint density at radius 3 is 2.47 bits per heavy atom. The molecule has 102 valence electrons. The molecule has 4 heteroatoms. The van der Waals surface area contributed by atoms with E-state index in [4.69, 9.17) is 4.74 Å². The first-order chi connectivity index (χ1) is 8.90. The number of ether oxygens (including phenoxy) is 1. The number of rotatable bonds is 2. The second-order valence-electron chi connectivity index (χ2n) is 5.35. The van der Waals surface area contributed by atoms with Gasteiger partial charge < -0.3 is 9.64 Å². The molecule has 0 saturated heterocycles. The summed E-state index contributed by atoms with van der Waals surface area (Å²) in [6, 6.07) is 8.12. The second kappa shape index (κ2) is 5.03. The normalized spacial score (nSPS) is 14.8. The third kappa shape index (κ3) is 2.95. The maximum atomic E-state index is 12.4. The minimum absolute atomic E-state index is 0.141. The smallest absolute Gasteiger partial charge is 0.303 e. The first-order valence-corrected chi connectivity index (χ1v) is 6.46. The van der Waals surface area contributed by atoms with Crippen LogP contribution < -0.4 is 0 Å². The zero-order valence-corrected chi connectivity index (χ0v) is 11.6. The molecule has 1 aromatic rings. The highest BCUT2D eigenvalue weighted by molar-refractivity contribution is 5.87. The van der Waals surface area contributed by atoms with Crippen LogP contribution in [0.5, 0.6) is 0 Å². The summed E-state index contributed by atoms with van der Waals surface area (Å²) >= 11 is 0. The molecule has 0 unspecified atom stereocenters. The summed E-state index contributed by atoms with van der Waals surface area (Å²) in [5.74, 6) is -0.576. The average Bonchev–Trinajstić information content (AvgIpc) is 2.35. The molecule has 0 radical (unpaired) electrons. The number of benzene rings is 1. The molecule has 0 bridgehead atoms. The van der Waals surface area contributed by atoms with Gasteiger partial charge in [0.25, 0.3) is 5.91 Å². The zero-order chi connectivity index (χ0) is 14.0. The number of esters is 1. The third-order valence-electron chi connectivity index (χ3n) is 3.33. The quantitative estimate of drug-likeness (QED) is 0.764. The van der Waals surface area contributed by atoms with Crippen LogP contribution >= 0.6 is 0 Å². The van der Waals surface area contributed by atoms with Gasteiger partial charge >= 0.3 is 5.97 Å². The van der Waals surface area contributed by atoms with Crippen molar-refractivity contribution in [3.8, 4) is 0 Å². The van der Waals surface area contributed by atoms with Crippen molar-refractivity contribution in [1.29, 1.82) is 0 Å². The van der Waals surface area contributed by atoms with E-state index in [1.165, 1.54) is 18.1 Å². The molecule has 0 aromatic heterocycles. The summed E-state index contributed by atoms with van der Waals surface area (Å²) in [6.07, 6.45) is 0.845. The molecule has 0 aliphatic carbocycles. The molecule has 1 heterocycles. The van der Waals surface area contributed by atoms with E-state index in [2.05, 4.69) is 6.07 Å². The SMILES string of the molecule is CC(=O)OC(C)(C)C(=O)N1CCc2ccccc2C1. The molecular weight excluding hydrogens is 242 g/mol. The lowest BCUT2D eigenvalue weighted by Crippen LogP contribution is -2.49. The molecule has 0 N–H and O–H groups in total. The van der Waals surface area contributed by atoms with E-state index in [-0.39, 0.29) is 5.91 Å². The van der Waals surface area contributed by atoms with Crippen LogP contribution in [0.3, 0.4) is 0 Å². The Morgan fingerprint density at radius 2 is 1.84 bits per heavy atom. The molecule has 4 nitrogen and oxygen atoms in total. The van der Waals surface area contributed by atoms with E-state index in [0.717, 1.165) is 6.42 Å². The fourth-order valence-corrected chi connectivity index (χ4v) is 2.45. The summed E-state index contributed by atoms with van der Waals surface area (Å²) in [4.78, 5) is 25.2. The van der Waals surface area contributed by atoms with E-state index in [9.17, 15) is 9.59 Å². The molecule has 0 fully saturated rings. The third-order valence-corrected chi connectivity index (χ3v) is 3.33. The van der Waals surface area contributed by atoms with E-state index in [1.54, 1.807) is 18.7 Å². The van der Waals surface area contributed by atoms with Gasteiger partial charge in [-0.25, -0.2) is 0 Å².